The number of methoxy groups -OCH3 is 1. The number of ether oxygens (including phenoxy) is 1. The SMILES string of the molecule is COc1cc(C#N)c(Cc2ccc(C(C)C(=O)O)cc2)c(C#N)c1O. The van der Waals surface area contributed by atoms with E-state index in [-0.39, 0.29) is 29.0 Å². The number of carboxylic acid groups (broad SMARTS) is 1. The summed E-state index contributed by atoms with van der Waals surface area (Å²) in [5, 5.41) is 37.9. The van der Waals surface area contributed by atoms with E-state index in [1.54, 1.807) is 31.2 Å². The van der Waals surface area contributed by atoms with Crippen molar-refractivity contribution in [1.29, 1.82) is 10.5 Å². The molecule has 0 aliphatic heterocycles. The van der Waals surface area contributed by atoms with Gasteiger partial charge in [-0.1, -0.05) is 24.3 Å². The molecule has 2 aromatic carbocycles. The number of benzene rings is 2. The van der Waals surface area contributed by atoms with Crippen LogP contribution >= 0.6 is 0 Å². The van der Waals surface area contributed by atoms with Crippen LogP contribution in [-0.2, 0) is 11.2 Å². The van der Waals surface area contributed by atoms with Gasteiger partial charge in [-0.05, 0) is 23.6 Å². The molecule has 0 spiro atoms. The lowest BCUT2D eigenvalue weighted by Gasteiger charge is -2.13. The molecule has 126 valence electrons. The fourth-order valence-corrected chi connectivity index (χ4v) is 2.52. The van der Waals surface area contributed by atoms with Crippen molar-refractivity contribution in [2.45, 2.75) is 19.3 Å². The average Bonchev–Trinajstić information content (AvgIpc) is 2.62. The van der Waals surface area contributed by atoms with Gasteiger partial charge in [0.05, 0.1) is 24.7 Å². The molecule has 6 heteroatoms. The van der Waals surface area contributed by atoms with Gasteiger partial charge in [0.1, 0.15) is 11.6 Å². The van der Waals surface area contributed by atoms with Crippen LogP contribution in [0.1, 0.15) is 40.7 Å². The summed E-state index contributed by atoms with van der Waals surface area (Å²) < 4.78 is 4.99. The number of nitrogens with zero attached hydrogens (tertiary/aromatic N) is 2. The molecule has 0 saturated heterocycles. The van der Waals surface area contributed by atoms with Gasteiger partial charge in [0.2, 0.25) is 0 Å². The zero-order valence-corrected chi connectivity index (χ0v) is 13.8. The van der Waals surface area contributed by atoms with Crippen LogP contribution in [0.3, 0.4) is 0 Å². The molecule has 0 bridgehead atoms. The Kier molecular flexibility index (Phi) is 5.26. The maximum atomic E-state index is 11.0. The Labute approximate surface area is 145 Å². The summed E-state index contributed by atoms with van der Waals surface area (Å²) in [5.41, 5.74) is 2.10. The summed E-state index contributed by atoms with van der Waals surface area (Å²) in [4.78, 5) is 11.0. The molecule has 0 fully saturated rings. The number of nitriles is 2. The molecule has 25 heavy (non-hydrogen) atoms. The fraction of sp³-hybridized carbons (Fsp3) is 0.211. The number of phenols is 1. The van der Waals surface area contributed by atoms with E-state index in [1.807, 2.05) is 12.1 Å². The Hall–Kier alpha value is -3.51. The predicted octanol–water partition coefficient (Wildman–Crippen LogP) is 2.92. The van der Waals surface area contributed by atoms with Crippen molar-refractivity contribution in [1.82, 2.24) is 0 Å². The zero-order chi connectivity index (χ0) is 18.6. The van der Waals surface area contributed by atoms with Gasteiger partial charge in [0.25, 0.3) is 0 Å². The number of rotatable bonds is 5. The van der Waals surface area contributed by atoms with Crippen LogP contribution in [0, 0.1) is 22.7 Å². The molecule has 2 aromatic rings. The number of carbonyl (C=O) groups is 1. The first-order chi connectivity index (χ1) is 11.9. The van der Waals surface area contributed by atoms with Crippen LogP contribution in [-0.4, -0.2) is 23.3 Å². The molecule has 0 saturated carbocycles. The normalized spacial score (nSPS) is 11.2. The van der Waals surface area contributed by atoms with E-state index in [4.69, 9.17) is 9.84 Å². The van der Waals surface area contributed by atoms with Crippen molar-refractivity contribution in [3.8, 4) is 23.6 Å². The summed E-state index contributed by atoms with van der Waals surface area (Å²) in [7, 11) is 1.35. The van der Waals surface area contributed by atoms with E-state index in [0.717, 1.165) is 5.56 Å². The quantitative estimate of drug-likeness (QED) is 0.867. The highest BCUT2D eigenvalue weighted by Gasteiger charge is 2.19. The summed E-state index contributed by atoms with van der Waals surface area (Å²) in [6.07, 6.45) is 0.255. The third kappa shape index (κ3) is 3.54. The summed E-state index contributed by atoms with van der Waals surface area (Å²) in [6, 6.07) is 12.2. The highest BCUT2D eigenvalue weighted by atomic mass is 16.5. The Morgan fingerprint density at radius 1 is 1.24 bits per heavy atom. The van der Waals surface area contributed by atoms with Crippen LogP contribution in [0.25, 0.3) is 0 Å². The van der Waals surface area contributed by atoms with Crippen molar-refractivity contribution in [3.63, 3.8) is 0 Å². The van der Waals surface area contributed by atoms with E-state index >= 15 is 0 Å². The van der Waals surface area contributed by atoms with Crippen LogP contribution in [0.2, 0.25) is 0 Å². The molecule has 2 rings (SSSR count). The first-order valence-corrected chi connectivity index (χ1v) is 7.47. The largest absolute Gasteiger partial charge is 0.503 e. The number of hydrogen-bond acceptors (Lipinski definition) is 5. The van der Waals surface area contributed by atoms with Crippen LogP contribution in [0.15, 0.2) is 30.3 Å². The minimum Gasteiger partial charge on any atom is -0.503 e. The van der Waals surface area contributed by atoms with Crippen molar-refractivity contribution in [2.75, 3.05) is 7.11 Å². The number of aromatic hydroxyl groups is 1. The standard InChI is InChI=1S/C19H16N2O4/c1-11(19(23)24)13-5-3-12(4-6-13)7-15-14(9-20)8-17(25-2)18(22)16(15)10-21/h3-6,8,11,22H,7H2,1-2H3,(H,23,24). The third-order valence-electron chi connectivity index (χ3n) is 4.06. The number of phenolic OH excluding ortho intramolecular Hbond substituents is 1. The van der Waals surface area contributed by atoms with Gasteiger partial charge in [-0.2, -0.15) is 10.5 Å². The van der Waals surface area contributed by atoms with Gasteiger partial charge >= 0.3 is 5.97 Å². The molecule has 0 amide bonds. The maximum Gasteiger partial charge on any atom is 0.310 e. The van der Waals surface area contributed by atoms with Gasteiger partial charge in [-0.15, -0.1) is 0 Å². The summed E-state index contributed by atoms with van der Waals surface area (Å²) >= 11 is 0. The van der Waals surface area contributed by atoms with E-state index in [0.29, 0.717) is 11.1 Å². The first-order valence-electron chi connectivity index (χ1n) is 7.47. The molecular weight excluding hydrogens is 320 g/mol. The molecule has 0 radical (unpaired) electrons. The van der Waals surface area contributed by atoms with Crippen LogP contribution < -0.4 is 4.74 Å². The smallest absolute Gasteiger partial charge is 0.310 e. The topological polar surface area (TPSA) is 114 Å². The van der Waals surface area contributed by atoms with E-state index < -0.39 is 11.9 Å². The zero-order valence-electron chi connectivity index (χ0n) is 13.8. The lowest BCUT2D eigenvalue weighted by molar-refractivity contribution is -0.138. The highest BCUT2D eigenvalue weighted by molar-refractivity contribution is 5.75. The van der Waals surface area contributed by atoms with Crippen molar-refractivity contribution in [3.05, 3.63) is 58.1 Å². The Bertz CT molecular complexity index is 890. The van der Waals surface area contributed by atoms with Gasteiger partial charge in [0.15, 0.2) is 11.5 Å². The molecule has 2 N–H and O–H groups in total. The monoisotopic (exact) mass is 336 g/mol. The van der Waals surface area contributed by atoms with Gasteiger partial charge < -0.3 is 14.9 Å². The van der Waals surface area contributed by atoms with E-state index in [2.05, 4.69) is 0 Å². The predicted molar refractivity (Wildman–Crippen MR) is 89.4 cm³/mol. The second-order valence-corrected chi connectivity index (χ2v) is 5.53. The molecule has 1 atom stereocenters. The fourth-order valence-electron chi connectivity index (χ4n) is 2.52. The third-order valence-corrected chi connectivity index (χ3v) is 4.06. The van der Waals surface area contributed by atoms with E-state index in [9.17, 15) is 20.4 Å². The molecule has 0 aliphatic rings. The molecule has 0 heterocycles. The summed E-state index contributed by atoms with van der Waals surface area (Å²) in [6.45, 7) is 1.60. The number of hydrogen-bond donors (Lipinski definition) is 2. The van der Waals surface area contributed by atoms with Crippen molar-refractivity contribution < 1.29 is 19.7 Å². The lowest BCUT2D eigenvalue weighted by Crippen LogP contribution is -2.07. The maximum absolute atomic E-state index is 11.0. The average molecular weight is 336 g/mol. The van der Waals surface area contributed by atoms with Crippen LogP contribution in [0.4, 0.5) is 0 Å². The first kappa shape index (κ1) is 17.8. The minimum absolute atomic E-state index is 0.00104. The Morgan fingerprint density at radius 3 is 2.36 bits per heavy atom. The van der Waals surface area contributed by atoms with Gasteiger partial charge in [-0.25, -0.2) is 0 Å². The van der Waals surface area contributed by atoms with Gasteiger partial charge in [0, 0.05) is 12.5 Å². The van der Waals surface area contributed by atoms with Crippen LogP contribution in [0.5, 0.6) is 11.5 Å². The molecule has 1 unspecified atom stereocenters. The van der Waals surface area contributed by atoms with Crippen molar-refractivity contribution >= 4 is 5.97 Å². The molecular formula is C19H16N2O4. The number of aliphatic carboxylic acids is 1. The van der Waals surface area contributed by atoms with E-state index in [1.165, 1.54) is 13.2 Å². The molecule has 6 nitrogen and oxygen atoms in total. The lowest BCUT2D eigenvalue weighted by atomic mass is 9.93. The number of carboxylic acids is 1. The second-order valence-electron chi connectivity index (χ2n) is 5.53. The van der Waals surface area contributed by atoms with Gasteiger partial charge in [-0.3, -0.25) is 4.79 Å². The summed E-state index contributed by atoms with van der Waals surface area (Å²) in [5.74, 6) is -1.76. The Balaban J connectivity index is 2.44. The molecule has 0 aliphatic carbocycles. The minimum atomic E-state index is -0.911. The Morgan fingerprint density at radius 2 is 1.88 bits per heavy atom. The highest BCUT2D eigenvalue weighted by Crippen LogP contribution is 2.35. The molecule has 0 aromatic heterocycles. The second kappa shape index (κ2) is 7.37. The van der Waals surface area contributed by atoms with Crippen molar-refractivity contribution in [2.24, 2.45) is 0 Å².